The van der Waals surface area contributed by atoms with E-state index in [0.29, 0.717) is 0 Å². The zero-order chi connectivity index (χ0) is 7.33. The van der Waals surface area contributed by atoms with E-state index in [4.69, 9.17) is 0 Å². The van der Waals surface area contributed by atoms with Crippen molar-refractivity contribution < 1.29 is 12.6 Å². The molecule has 4 nitrogen and oxygen atoms in total. The molecule has 0 saturated carbocycles. The molecule has 0 aromatic carbocycles. The number of unbranched alkanes of at least 4 members (excludes halogenated alkanes) is 1. The summed E-state index contributed by atoms with van der Waals surface area (Å²) in [6, 6.07) is 0. The maximum atomic E-state index is 10.1. The summed E-state index contributed by atoms with van der Waals surface area (Å²) < 4.78 is 24.3. The van der Waals surface area contributed by atoms with Gasteiger partial charge in [0, 0.05) is 29.6 Å². The maximum Gasteiger partial charge on any atom is 0.333 e. The molecule has 0 heterocycles. The van der Waals surface area contributed by atoms with Crippen LogP contribution in [0.5, 0.6) is 0 Å². The predicted octanol–water partition coefficient (Wildman–Crippen LogP) is -0.374. The molecule has 0 aromatic rings. The predicted molar refractivity (Wildman–Crippen MR) is 39.7 cm³/mol. The quantitative estimate of drug-likeness (QED) is 0.469. The molecule has 10 heavy (non-hydrogen) atoms. The van der Waals surface area contributed by atoms with Crippen molar-refractivity contribution in [2.75, 3.05) is 6.61 Å². The number of hydrogen-bond acceptors (Lipinski definition) is 3. The smallest absolute Gasteiger partial charge is 0.258 e. The molecule has 0 amide bonds. The Labute approximate surface area is 83.7 Å². The monoisotopic (exact) mass is 176 g/mol. The SMILES string of the molecule is CCCCOS(N)(=O)=O.[Na]. The van der Waals surface area contributed by atoms with Gasteiger partial charge >= 0.3 is 10.3 Å². The molecule has 0 spiro atoms. The Hall–Kier alpha value is 0.870. The Morgan fingerprint density at radius 1 is 1.50 bits per heavy atom. The van der Waals surface area contributed by atoms with Gasteiger partial charge in [-0.05, 0) is 6.42 Å². The van der Waals surface area contributed by atoms with Gasteiger partial charge in [0.15, 0.2) is 0 Å². The number of rotatable bonds is 4. The fraction of sp³-hybridized carbons (Fsp3) is 1.00. The van der Waals surface area contributed by atoms with E-state index in [2.05, 4.69) is 9.32 Å². The van der Waals surface area contributed by atoms with E-state index < -0.39 is 10.3 Å². The van der Waals surface area contributed by atoms with Gasteiger partial charge < -0.3 is 0 Å². The Kier molecular flexibility index (Phi) is 8.85. The topological polar surface area (TPSA) is 69.4 Å². The first-order valence-electron chi connectivity index (χ1n) is 2.73. The second-order valence-corrected chi connectivity index (χ2v) is 2.89. The van der Waals surface area contributed by atoms with Crippen LogP contribution in [-0.2, 0) is 14.5 Å². The van der Waals surface area contributed by atoms with Gasteiger partial charge in [-0.1, -0.05) is 13.3 Å². The van der Waals surface area contributed by atoms with Gasteiger partial charge in [-0.2, -0.15) is 8.42 Å². The first-order chi connectivity index (χ1) is 4.06. The van der Waals surface area contributed by atoms with Gasteiger partial charge in [-0.15, -0.1) is 0 Å². The van der Waals surface area contributed by atoms with Crippen LogP contribution in [0.25, 0.3) is 0 Å². The summed E-state index contributed by atoms with van der Waals surface area (Å²) in [5, 5.41) is 4.53. The minimum absolute atomic E-state index is 0. The van der Waals surface area contributed by atoms with Crippen molar-refractivity contribution in [2.24, 2.45) is 5.14 Å². The molecule has 0 aliphatic carbocycles. The summed E-state index contributed by atoms with van der Waals surface area (Å²) in [7, 11) is -3.70. The van der Waals surface area contributed by atoms with Crippen LogP contribution in [0.2, 0.25) is 0 Å². The molecule has 57 valence electrons. The van der Waals surface area contributed by atoms with Crippen molar-refractivity contribution in [3.8, 4) is 0 Å². The minimum atomic E-state index is -3.70. The van der Waals surface area contributed by atoms with Crippen LogP contribution in [0, 0.1) is 0 Å². The summed E-state index contributed by atoms with van der Waals surface area (Å²) in [5.74, 6) is 0. The Balaban J connectivity index is 0. The Bertz CT molecular complexity index is 156. The third-order valence-electron chi connectivity index (χ3n) is 0.745. The summed E-state index contributed by atoms with van der Waals surface area (Å²) >= 11 is 0. The zero-order valence-corrected chi connectivity index (χ0v) is 9.15. The maximum absolute atomic E-state index is 10.1. The Morgan fingerprint density at radius 3 is 2.30 bits per heavy atom. The molecule has 0 rings (SSSR count). The van der Waals surface area contributed by atoms with Crippen LogP contribution >= 0.6 is 0 Å². The van der Waals surface area contributed by atoms with Crippen LogP contribution < -0.4 is 5.14 Å². The minimum Gasteiger partial charge on any atom is -0.258 e. The van der Waals surface area contributed by atoms with E-state index in [1.807, 2.05) is 6.92 Å². The van der Waals surface area contributed by atoms with E-state index in [-0.39, 0.29) is 36.2 Å². The second-order valence-electron chi connectivity index (χ2n) is 1.67. The fourth-order valence-electron chi connectivity index (χ4n) is 0.319. The summed E-state index contributed by atoms with van der Waals surface area (Å²) in [5.41, 5.74) is 0. The third-order valence-corrected chi connectivity index (χ3v) is 1.24. The van der Waals surface area contributed by atoms with Crippen molar-refractivity contribution in [3.05, 3.63) is 0 Å². The third kappa shape index (κ3) is 11.6. The molecular weight excluding hydrogens is 165 g/mol. The number of hydrogen-bond donors (Lipinski definition) is 1. The molecule has 0 aromatic heterocycles. The van der Waals surface area contributed by atoms with Gasteiger partial charge in [-0.25, -0.2) is 5.14 Å². The second kappa shape index (κ2) is 6.57. The molecule has 0 aliphatic rings. The molecule has 0 fully saturated rings. The first kappa shape index (κ1) is 13.5. The molecule has 2 N–H and O–H groups in total. The van der Waals surface area contributed by atoms with E-state index in [1.165, 1.54) is 0 Å². The van der Waals surface area contributed by atoms with Crippen molar-refractivity contribution in [2.45, 2.75) is 19.8 Å². The van der Waals surface area contributed by atoms with Gasteiger partial charge in [0.05, 0.1) is 6.61 Å². The molecule has 1 radical (unpaired) electrons. The zero-order valence-electron chi connectivity index (χ0n) is 6.33. The van der Waals surface area contributed by atoms with Crippen molar-refractivity contribution in [1.82, 2.24) is 0 Å². The van der Waals surface area contributed by atoms with Crippen molar-refractivity contribution in [3.63, 3.8) is 0 Å². The Morgan fingerprint density at radius 2 is 2.00 bits per heavy atom. The van der Waals surface area contributed by atoms with E-state index in [1.54, 1.807) is 0 Å². The van der Waals surface area contributed by atoms with Crippen LogP contribution in [0.15, 0.2) is 0 Å². The van der Waals surface area contributed by atoms with Crippen LogP contribution in [0.3, 0.4) is 0 Å². The van der Waals surface area contributed by atoms with E-state index >= 15 is 0 Å². The number of nitrogens with two attached hydrogens (primary N) is 1. The van der Waals surface area contributed by atoms with Gasteiger partial charge in [0.25, 0.3) is 0 Å². The summed E-state index contributed by atoms with van der Waals surface area (Å²) in [4.78, 5) is 0. The van der Waals surface area contributed by atoms with Crippen LogP contribution in [0.1, 0.15) is 19.8 Å². The van der Waals surface area contributed by atoms with Crippen molar-refractivity contribution in [1.29, 1.82) is 0 Å². The average Bonchev–Trinajstić information content (AvgIpc) is 1.63. The van der Waals surface area contributed by atoms with E-state index in [0.717, 1.165) is 12.8 Å². The van der Waals surface area contributed by atoms with Crippen LogP contribution in [-0.4, -0.2) is 44.6 Å². The first-order valence-corrected chi connectivity index (χ1v) is 4.20. The molecule has 0 atom stereocenters. The summed E-state index contributed by atoms with van der Waals surface area (Å²) in [6.45, 7) is 2.13. The molecule has 0 bridgehead atoms. The molecular formula is C4H11NNaO3S. The average molecular weight is 176 g/mol. The van der Waals surface area contributed by atoms with Gasteiger partial charge in [0.2, 0.25) is 0 Å². The normalized spacial score (nSPS) is 10.6. The molecule has 6 heteroatoms. The molecule has 0 aliphatic heterocycles. The molecule has 0 saturated heterocycles. The van der Waals surface area contributed by atoms with Crippen LogP contribution in [0.4, 0.5) is 0 Å². The van der Waals surface area contributed by atoms with E-state index in [9.17, 15) is 8.42 Å². The van der Waals surface area contributed by atoms with Crippen molar-refractivity contribution >= 4 is 39.9 Å². The van der Waals surface area contributed by atoms with Gasteiger partial charge in [-0.3, -0.25) is 4.18 Å². The van der Waals surface area contributed by atoms with Gasteiger partial charge in [0.1, 0.15) is 0 Å². The standard InChI is InChI=1S/C4H11NO3S.Na/c1-2-3-4-8-9(5,6)7;/h2-4H2,1H3,(H2,5,6,7);. The largest absolute Gasteiger partial charge is 0.333 e. The summed E-state index contributed by atoms with van der Waals surface area (Å²) in [6.07, 6.45) is 1.62. The fourth-order valence-corrected chi connectivity index (χ4v) is 0.670. The molecule has 0 unspecified atom stereocenters.